The largest absolute Gasteiger partial charge is 0.493 e. The number of carbonyl (C=O) groups is 1. The lowest BCUT2D eigenvalue weighted by molar-refractivity contribution is -0.116. The van der Waals surface area contributed by atoms with Crippen LogP contribution in [0.1, 0.15) is 29.0 Å². The van der Waals surface area contributed by atoms with Crippen LogP contribution in [0.25, 0.3) is 0 Å². The van der Waals surface area contributed by atoms with Gasteiger partial charge in [0.1, 0.15) is 18.2 Å². The molecule has 0 spiro atoms. The lowest BCUT2D eigenvalue weighted by Crippen LogP contribution is -2.31. The molecule has 0 fully saturated rings. The number of nitrogens with zero attached hydrogens (tertiary/aromatic N) is 1. The topological polar surface area (TPSA) is 93.3 Å². The molecule has 1 aliphatic rings. The molecule has 2 N–H and O–H groups in total. The van der Waals surface area contributed by atoms with E-state index in [9.17, 15) is 14.0 Å². The summed E-state index contributed by atoms with van der Waals surface area (Å²) >= 11 is 1.18. The van der Waals surface area contributed by atoms with Gasteiger partial charge < -0.3 is 19.8 Å². The number of rotatable bonds is 8. The van der Waals surface area contributed by atoms with E-state index in [1.54, 1.807) is 42.5 Å². The van der Waals surface area contributed by atoms with Crippen LogP contribution in [0, 0.1) is 5.82 Å². The summed E-state index contributed by atoms with van der Waals surface area (Å²) < 4.78 is 25.2. The number of halogens is 1. The minimum absolute atomic E-state index is 0.0527. The smallest absolute Gasteiger partial charge is 0.257 e. The second kappa shape index (κ2) is 9.91. The number of H-pyrrole nitrogens is 1. The van der Waals surface area contributed by atoms with Gasteiger partial charge in [-0.15, -0.1) is 0 Å². The lowest BCUT2D eigenvalue weighted by atomic mass is 9.86. The van der Waals surface area contributed by atoms with Crippen LogP contribution < -0.4 is 20.3 Å². The molecule has 170 valence electrons. The summed E-state index contributed by atoms with van der Waals surface area (Å²) in [5.41, 5.74) is 1.09. The van der Waals surface area contributed by atoms with E-state index in [-0.39, 0.29) is 47.0 Å². The Morgan fingerprint density at radius 3 is 2.82 bits per heavy atom. The van der Waals surface area contributed by atoms with E-state index < -0.39 is 5.92 Å². The van der Waals surface area contributed by atoms with E-state index in [1.807, 2.05) is 0 Å². The molecule has 33 heavy (non-hydrogen) atoms. The van der Waals surface area contributed by atoms with Crippen LogP contribution in [0.5, 0.6) is 11.5 Å². The number of aromatic nitrogens is 2. The van der Waals surface area contributed by atoms with Crippen molar-refractivity contribution in [3.05, 3.63) is 88.0 Å². The van der Waals surface area contributed by atoms with E-state index in [1.165, 1.54) is 24.9 Å². The second-order valence-electron chi connectivity index (χ2n) is 7.30. The van der Waals surface area contributed by atoms with Crippen molar-refractivity contribution in [2.24, 2.45) is 0 Å². The molecule has 7 nitrogen and oxygen atoms in total. The van der Waals surface area contributed by atoms with Gasteiger partial charge in [0.05, 0.1) is 12.7 Å². The van der Waals surface area contributed by atoms with Crippen molar-refractivity contribution < 1.29 is 18.7 Å². The molecule has 3 aromatic rings. The molecule has 4 rings (SSSR count). The predicted molar refractivity (Wildman–Crippen MR) is 125 cm³/mol. The summed E-state index contributed by atoms with van der Waals surface area (Å²) in [6.07, 6.45) is 1.66. The summed E-state index contributed by atoms with van der Waals surface area (Å²) in [5, 5.41) is 2.98. The first-order valence-electron chi connectivity index (χ1n) is 10.2. The standard InChI is InChI=1S/C24H22FN3O4S/c1-3-11-32-21-15(8-6-10-18(21)31-2)16-12-19(29)26-22-20(16)23(30)28-24(27-22)33-13-14-7-4-5-9-17(14)25/h3-10,16H,1,11-13H2,2H3,(H2,26,27,28,29,30)/t16-/m1/s1. The Labute approximate surface area is 194 Å². The zero-order valence-electron chi connectivity index (χ0n) is 17.9. The van der Waals surface area contributed by atoms with E-state index in [0.717, 1.165) is 0 Å². The number of carbonyl (C=O) groups excluding carboxylic acids is 1. The van der Waals surface area contributed by atoms with Crippen LogP contribution in [0.15, 0.2) is 65.1 Å². The molecule has 9 heteroatoms. The Balaban J connectivity index is 1.71. The first kappa shape index (κ1) is 22.6. The molecule has 0 aliphatic carbocycles. The molecule has 0 saturated carbocycles. The van der Waals surface area contributed by atoms with Crippen molar-refractivity contribution in [1.29, 1.82) is 0 Å². The average Bonchev–Trinajstić information content (AvgIpc) is 2.81. The van der Waals surface area contributed by atoms with Gasteiger partial charge in [0, 0.05) is 23.7 Å². The number of aromatic amines is 1. The van der Waals surface area contributed by atoms with Crippen molar-refractivity contribution in [1.82, 2.24) is 9.97 Å². The minimum Gasteiger partial charge on any atom is -0.493 e. The summed E-state index contributed by atoms with van der Waals surface area (Å²) in [7, 11) is 1.52. The zero-order chi connectivity index (χ0) is 23.4. The Kier molecular flexibility index (Phi) is 6.79. The summed E-state index contributed by atoms with van der Waals surface area (Å²) in [5.74, 6) is 0.225. The van der Waals surface area contributed by atoms with E-state index in [2.05, 4.69) is 21.9 Å². The zero-order valence-corrected chi connectivity index (χ0v) is 18.7. The van der Waals surface area contributed by atoms with E-state index in [4.69, 9.17) is 9.47 Å². The molecule has 1 amide bonds. The Morgan fingerprint density at radius 1 is 1.24 bits per heavy atom. The van der Waals surface area contributed by atoms with Crippen LogP contribution in [0.4, 0.5) is 10.2 Å². The van der Waals surface area contributed by atoms with Crippen LogP contribution in [-0.4, -0.2) is 29.6 Å². The van der Waals surface area contributed by atoms with Crippen molar-refractivity contribution in [2.75, 3.05) is 19.0 Å². The van der Waals surface area contributed by atoms with Crippen LogP contribution in [-0.2, 0) is 10.5 Å². The SMILES string of the molecule is C=CCOc1c(OC)cccc1[C@H]1CC(=O)Nc2nc(SCc3ccccc3F)[nH]c(=O)c21. The summed E-state index contributed by atoms with van der Waals surface area (Å²) in [6.45, 7) is 3.90. The molecule has 2 heterocycles. The highest BCUT2D eigenvalue weighted by Crippen LogP contribution is 2.42. The fourth-order valence-corrected chi connectivity index (χ4v) is 4.56. The number of nitrogens with one attached hydrogen (secondary N) is 2. The fraction of sp³-hybridized carbons (Fsp3) is 0.208. The predicted octanol–water partition coefficient (Wildman–Crippen LogP) is 4.25. The van der Waals surface area contributed by atoms with Gasteiger partial charge in [-0.25, -0.2) is 9.37 Å². The third kappa shape index (κ3) is 4.78. The third-order valence-corrected chi connectivity index (χ3v) is 6.12. The summed E-state index contributed by atoms with van der Waals surface area (Å²) in [4.78, 5) is 32.8. The molecule has 1 atom stereocenters. The maximum atomic E-state index is 13.9. The second-order valence-corrected chi connectivity index (χ2v) is 8.26. The number of hydrogen-bond donors (Lipinski definition) is 2. The van der Waals surface area contributed by atoms with Gasteiger partial charge in [0.25, 0.3) is 5.56 Å². The van der Waals surface area contributed by atoms with Crippen molar-refractivity contribution in [2.45, 2.75) is 23.2 Å². The van der Waals surface area contributed by atoms with Gasteiger partial charge in [-0.1, -0.05) is 54.7 Å². The van der Waals surface area contributed by atoms with Crippen molar-refractivity contribution in [3.63, 3.8) is 0 Å². The number of ether oxygens (including phenoxy) is 2. The van der Waals surface area contributed by atoms with Gasteiger partial charge >= 0.3 is 0 Å². The number of amides is 1. The number of thioether (sulfide) groups is 1. The monoisotopic (exact) mass is 467 g/mol. The highest BCUT2D eigenvalue weighted by Gasteiger charge is 2.33. The molecule has 0 saturated heterocycles. The first-order chi connectivity index (χ1) is 16.0. The Morgan fingerprint density at radius 2 is 2.06 bits per heavy atom. The summed E-state index contributed by atoms with van der Waals surface area (Å²) in [6, 6.07) is 11.7. The van der Waals surface area contributed by atoms with Crippen LogP contribution >= 0.6 is 11.8 Å². The van der Waals surface area contributed by atoms with Crippen LogP contribution in [0.2, 0.25) is 0 Å². The fourth-order valence-electron chi connectivity index (χ4n) is 3.71. The Hall–Kier alpha value is -3.59. The van der Waals surface area contributed by atoms with Crippen LogP contribution in [0.3, 0.4) is 0 Å². The van der Waals surface area contributed by atoms with Gasteiger partial charge in [-0.05, 0) is 17.7 Å². The first-order valence-corrected chi connectivity index (χ1v) is 11.2. The average molecular weight is 468 g/mol. The van der Waals surface area contributed by atoms with Gasteiger partial charge in [0.2, 0.25) is 5.91 Å². The number of fused-ring (bicyclic) bond motifs is 1. The normalized spacial score (nSPS) is 14.8. The lowest BCUT2D eigenvalue weighted by Gasteiger charge is -2.26. The molecule has 1 aromatic heterocycles. The van der Waals surface area contributed by atoms with Crippen molar-refractivity contribution in [3.8, 4) is 11.5 Å². The molecule has 0 radical (unpaired) electrons. The molecular formula is C24H22FN3O4S. The number of anilines is 1. The van der Waals surface area contributed by atoms with Gasteiger partial charge in [0.15, 0.2) is 16.7 Å². The molecule has 1 aliphatic heterocycles. The number of hydrogen-bond acceptors (Lipinski definition) is 6. The molecule has 2 aromatic carbocycles. The maximum Gasteiger partial charge on any atom is 0.257 e. The van der Waals surface area contributed by atoms with Gasteiger partial charge in [-0.3, -0.25) is 9.59 Å². The minimum atomic E-state index is -0.578. The number of methoxy groups -OCH3 is 1. The maximum absolute atomic E-state index is 13.9. The molecule has 0 unspecified atom stereocenters. The number of para-hydroxylation sites is 1. The highest BCUT2D eigenvalue weighted by molar-refractivity contribution is 7.98. The van der Waals surface area contributed by atoms with E-state index in [0.29, 0.717) is 28.2 Å². The highest BCUT2D eigenvalue weighted by atomic mass is 32.2. The number of benzene rings is 2. The van der Waals surface area contributed by atoms with E-state index >= 15 is 0 Å². The van der Waals surface area contributed by atoms with Crippen molar-refractivity contribution >= 4 is 23.5 Å². The van der Waals surface area contributed by atoms with Gasteiger partial charge in [-0.2, -0.15) is 0 Å². The molecule has 0 bridgehead atoms. The quantitative estimate of drug-likeness (QED) is 0.292. The Bertz CT molecular complexity index is 1260. The molecular weight excluding hydrogens is 445 g/mol. The third-order valence-electron chi connectivity index (χ3n) is 5.20.